The molecule has 2 aromatic heterocycles. The van der Waals surface area contributed by atoms with E-state index in [1.165, 1.54) is 18.2 Å². The molecule has 0 fully saturated rings. The van der Waals surface area contributed by atoms with E-state index in [9.17, 15) is 13.6 Å². The summed E-state index contributed by atoms with van der Waals surface area (Å²) < 4.78 is 28.8. The Balaban J connectivity index is 1.92. The van der Waals surface area contributed by atoms with Crippen molar-refractivity contribution in [2.45, 2.75) is 50.9 Å². The second-order valence-corrected chi connectivity index (χ2v) is 7.98. The lowest BCUT2D eigenvalue weighted by molar-refractivity contribution is 0.0995. The number of carbonyl (C=O) groups is 1. The number of fused-ring (bicyclic) bond motifs is 1. The van der Waals surface area contributed by atoms with Crippen molar-refractivity contribution >= 4 is 5.91 Å². The summed E-state index contributed by atoms with van der Waals surface area (Å²) in [5.41, 5.74) is 7.49. The molecule has 0 spiro atoms. The number of hydrogen-bond donors (Lipinski definition) is 1. The summed E-state index contributed by atoms with van der Waals surface area (Å²) in [6.07, 6.45) is 3.21. The molecule has 2 heterocycles. The number of hydrogen-bond acceptors (Lipinski definition) is 4. The van der Waals surface area contributed by atoms with Gasteiger partial charge in [0.2, 0.25) is 0 Å². The molecule has 0 aliphatic heterocycles. The average Bonchev–Trinajstić information content (AvgIpc) is 2.78. The van der Waals surface area contributed by atoms with Crippen molar-refractivity contribution in [3.8, 4) is 11.3 Å². The van der Waals surface area contributed by atoms with Gasteiger partial charge in [-0.15, -0.1) is 5.10 Å². The number of amides is 1. The maximum atomic E-state index is 14.4. The van der Waals surface area contributed by atoms with E-state index in [1.807, 2.05) is 13.0 Å². The van der Waals surface area contributed by atoms with Gasteiger partial charge >= 0.3 is 0 Å². The molecule has 31 heavy (non-hydrogen) atoms. The summed E-state index contributed by atoms with van der Waals surface area (Å²) in [5, 5.41) is 8.74. The van der Waals surface area contributed by atoms with Crippen LogP contribution in [-0.4, -0.2) is 21.1 Å². The maximum absolute atomic E-state index is 14.4. The minimum atomic E-state index is -0.671. The van der Waals surface area contributed by atoms with Crippen LogP contribution in [0.4, 0.5) is 8.78 Å². The number of aromatic nitrogens is 3. The normalized spacial score (nSPS) is 20.3. The molecule has 1 aromatic carbocycles. The van der Waals surface area contributed by atoms with E-state index in [1.54, 1.807) is 18.2 Å². The van der Waals surface area contributed by atoms with Crippen LogP contribution in [0, 0.1) is 11.6 Å². The first-order valence-electron chi connectivity index (χ1n) is 10.5. The van der Waals surface area contributed by atoms with Crippen molar-refractivity contribution in [3.63, 3.8) is 0 Å². The molecule has 2 N–H and O–H groups in total. The standard InChI is InChI=1S/C24H24F2N4O/c1-3-14-11-12-24(4-2,20-10-6-9-18(28-20)23(27)31)22-15(14)13-19(29-30-22)21-16(25)7-5-8-17(21)26/h5-10,13-14H,3-4,11-12H2,1-2H3,(H2,27,31)/t14-,24+/m1/s1. The van der Waals surface area contributed by atoms with Crippen molar-refractivity contribution in [2.75, 3.05) is 0 Å². The molecule has 0 bridgehead atoms. The van der Waals surface area contributed by atoms with Gasteiger partial charge in [0, 0.05) is 0 Å². The van der Waals surface area contributed by atoms with E-state index in [-0.39, 0.29) is 22.9 Å². The first-order valence-corrected chi connectivity index (χ1v) is 10.5. The lowest BCUT2D eigenvalue weighted by Crippen LogP contribution is -2.36. The Hall–Kier alpha value is -3.22. The Bertz CT molecular complexity index is 1130. The van der Waals surface area contributed by atoms with Gasteiger partial charge in [-0.1, -0.05) is 26.0 Å². The monoisotopic (exact) mass is 422 g/mol. The van der Waals surface area contributed by atoms with E-state index >= 15 is 0 Å². The largest absolute Gasteiger partial charge is 0.364 e. The number of nitrogens with two attached hydrogens (primary N) is 1. The number of benzene rings is 1. The van der Waals surface area contributed by atoms with Gasteiger partial charge in [-0.3, -0.25) is 4.79 Å². The Labute approximate surface area is 179 Å². The zero-order valence-electron chi connectivity index (χ0n) is 17.5. The van der Waals surface area contributed by atoms with Crippen molar-refractivity contribution in [3.05, 3.63) is 76.7 Å². The summed E-state index contributed by atoms with van der Waals surface area (Å²) in [4.78, 5) is 16.2. The average molecular weight is 422 g/mol. The second kappa shape index (κ2) is 8.13. The minimum Gasteiger partial charge on any atom is -0.364 e. The van der Waals surface area contributed by atoms with Crippen LogP contribution >= 0.6 is 0 Å². The molecule has 3 aromatic rings. The molecule has 0 saturated heterocycles. The number of halogens is 2. The van der Waals surface area contributed by atoms with Gasteiger partial charge in [0.25, 0.3) is 5.91 Å². The van der Waals surface area contributed by atoms with Crippen LogP contribution in [-0.2, 0) is 5.41 Å². The number of carbonyl (C=O) groups excluding carboxylic acids is 1. The first-order chi connectivity index (χ1) is 14.9. The SMILES string of the molecule is CC[C@@H]1CC[C@@](CC)(c2cccc(C(N)=O)n2)c2nnc(-c3c(F)cccc3F)cc21. The van der Waals surface area contributed by atoms with Crippen LogP contribution in [0.2, 0.25) is 0 Å². The summed E-state index contributed by atoms with van der Waals surface area (Å²) in [7, 11) is 0. The molecule has 5 nitrogen and oxygen atoms in total. The molecular formula is C24H24F2N4O. The van der Waals surface area contributed by atoms with Crippen molar-refractivity contribution in [1.82, 2.24) is 15.2 Å². The van der Waals surface area contributed by atoms with Crippen LogP contribution in [0.1, 0.15) is 72.9 Å². The number of pyridine rings is 1. The number of nitrogens with zero attached hydrogens (tertiary/aromatic N) is 3. The van der Waals surface area contributed by atoms with Gasteiger partial charge < -0.3 is 5.73 Å². The molecule has 0 unspecified atom stereocenters. The Morgan fingerprint density at radius 3 is 2.48 bits per heavy atom. The molecule has 160 valence electrons. The van der Waals surface area contributed by atoms with Gasteiger partial charge in [0.05, 0.1) is 28.1 Å². The van der Waals surface area contributed by atoms with Gasteiger partial charge in [0.15, 0.2) is 0 Å². The number of rotatable bonds is 5. The zero-order valence-corrected chi connectivity index (χ0v) is 17.5. The van der Waals surface area contributed by atoms with Crippen molar-refractivity contribution in [2.24, 2.45) is 5.73 Å². The highest BCUT2D eigenvalue weighted by atomic mass is 19.1. The van der Waals surface area contributed by atoms with Gasteiger partial charge in [0.1, 0.15) is 17.3 Å². The van der Waals surface area contributed by atoms with Crippen LogP contribution in [0.15, 0.2) is 42.5 Å². The fourth-order valence-corrected chi connectivity index (χ4v) is 4.69. The van der Waals surface area contributed by atoms with Crippen LogP contribution in [0.25, 0.3) is 11.3 Å². The maximum Gasteiger partial charge on any atom is 0.267 e. The third-order valence-corrected chi connectivity index (χ3v) is 6.44. The van der Waals surface area contributed by atoms with Crippen LogP contribution in [0.5, 0.6) is 0 Å². The second-order valence-electron chi connectivity index (χ2n) is 7.98. The van der Waals surface area contributed by atoms with Crippen molar-refractivity contribution < 1.29 is 13.6 Å². The lowest BCUT2D eigenvalue weighted by atomic mass is 9.65. The zero-order chi connectivity index (χ0) is 22.2. The van der Waals surface area contributed by atoms with Gasteiger partial charge in [-0.25, -0.2) is 13.8 Å². The fraction of sp³-hybridized carbons (Fsp3) is 0.333. The van der Waals surface area contributed by atoms with Crippen LogP contribution in [0.3, 0.4) is 0 Å². The molecule has 2 atom stereocenters. The summed E-state index contributed by atoms with van der Waals surface area (Å²) >= 11 is 0. The Morgan fingerprint density at radius 1 is 1.13 bits per heavy atom. The highest BCUT2D eigenvalue weighted by Gasteiger charge is 2.43. The molecule has 1 aliphatic carbocycles. The van der Waals surface area contributed by atoms with E-state index in [0.29, 0.717) is 12.1 Å². The third-order valence-electron chi connectivity index (χ3n) is 6.44. The van der Waals surface area contributed by atoms with Crippen LogP contribution < -0.4 is 5.73 Å². The third kappa shape index (κ3) is 3.48. The first kappa shape index (κ1) is 21.0. The summed E-state index contributed by atoms with van der Waals surface area (Å²) in [6.45, 7) is 4.13. The highest BCUT2D eigenvalue weighted by Crippen LogP contribution is 2.48. The van der Waals surface area contributed by atoms with E-state index in [2.05, 4.69) is 22.1 Å². The minimum absolute atomic E-state index is 0.172. The highest BCUT2D eigenvalue weighted by molar-refractivity contribution is 5.90. The van der Waals surface area contributed by atoms with Gasteiger partial charge in [-0.2, -0.15) is 5.10 Å². The number of primary amides is 1. The van der Waals surface area contributed by atoms with E-state index in [4.69, 9.17) is 5.73 Å². The summed E-state index contributed by atoms with van der Waals surface area (Å²) in [5.74, 6) is -1.74. The Morgan fingerprint density at radius 2 is 1.84 bits per heavy atom. The predicted octanol–water partition coefficient (Wildman–Crippen LogP) is 4.90. The molecule has 0 saturated carbocycles. The molecular weight excluding hydrogens is 398 g/mol. The predicted molar refractivity (Wildman–Crippen MR) is 113 cm³/mol. The molecule has 1 aliphatic rings. The topological polar surface area (TPSA) is 81.8 Å². The molecule has 7 heteroatoms. The lowest BCUT2D eigenvalue weighted by Gasteiger charge is -2.40. The molecule has 4 rings (SSSR count). The quantitative estimate of drug-likeness (QED) is 0.634. The Kier molecular flexibility index (Phi) is 5.52. The van der Waals surface area contributed by atoms with E-state index < -0.39 is 23.0 Å². The fourth-order valence-electron chi connectivity index (χ4n) is 4.69. The van der Waals surface area contributed by atoms with E-state index in [0.717, 1.165) is 30.5 Å². The molecule has 1 amide bonds. The summed E-state index contributed by atoms with van der Waals surface area (Å²) in [6, 6.07) is 10.7. The van der Waals surface area contributed by atoms with Gasteiger partial charge in [-0.05, 0) is 67.5 Å². The molecule has 0 radical (unpaired) electrons. The van der Waals surface area contributed by atoms with Crippen molar-refractivity contribution in [1.29, 1.82) is 0 Å². The smallest absolute Gasteiger partial charge is 0.267 e.